The maximum absolute atomic E-state index is 11.8. The number of amides is 1. The number of nitrogens with one attached hydrogen (secondary N) is 2. The van der Waals surface area contributed by atoms with Gasteiger partial charge in [0.05, 0.1) is 0 Å². The van der Waals surface area contributed by atoms with Crippen LogP contribution in [0.15, 0.2) is 24.3 Å². The van der Waals surface area contributed by atoms with Crippen LogP contribution in [0, 0.1) is 5.41 Å². The van der Waals surface area contributed by atoms with Crippen LogP contribution in [-0.2, 0) is 11.3 Å². The molecule has 4 nitrogen and oxygen atoms in total. The summed E-state index contributed by atoms with van der Waals surface area (Å²) in [6.07, 6.45) is 1.10. The first kappa shape index (κ1) is 24.7. The zero-order valence-electron chi connectivity index (χ0n) is 17.7. The highest BCUT2D eigenvalue weighted by atomic mass is 35.5. The Morgan fingerprint density at radius 3 is 1.96 bits per heavy atom. The zero-order valence-corrected chi connectivity index (χ0v) is 18.5. The minimum Gasteiger partial charge on any atom is -0.484 e. The van der Waals surface area contributed by atoms with Crippen molar-refractivity contribution in [2.24, 2.45) is 5.41 Å². The van der Waals surface area contributed by atoms with Gasteiger partial charge in [-0.3, -0.25) is 4.79 Å². The van der Waals surface area contributed by atoms with Crippen LogP contribution in [0.5, 0.6) is 5.75 Å². The first-order valence-electron chi connectivity index (χ1n) is 9.04. The second-order valence-electron chi connectivity index (χ2n) is 9.71. The molecule has 0 saturated carbocycles. The lowest BCUT2D eigenvalue weighted by atomic mass is 9.82. The molecule has 0 atom stereocenters. The third-order valence-electron chi connectivity index (χ3n) is 3.55. The van der Waals surface area contributed by atoms with Crippen LogP contribution >= 0.6 is 12.4 Å². The Labute approximate surface area is 165 Å². The number of ether oxygens (including phenoxy) is 1. The Balaban J connectivity index is 0.00000625. The molecular formula is C21H37ClN2O2. The van der Waals surface area contributed by atoms with Crippen molar-refractivity contribution in [2.45, 2.75) is 79.4 Å². The lowest BCUT2D eigenvalue weighted by Gasteiger charge is -2.33. The van der Waals surface area contributed by atoms with E-state index in [1.807, 2.05) is 45.0 Å². The van der Waals surface area contributed by atoms with Gasteiger partial charge in [-0.05, 0) is 64.2 Å². The summed E-state index contributed by atoms with van der Waals surface area (Å²) < 4.78 is 5.55. The Hall–Kier alpha value is -1.26. The van der Waals surface area contributed by atoms with Gasteiger partial charge >= 0.3 is 0 Å². The smallest absolute Gasteiger partial charge is 0.258 e. The highest BCUT2D eigenvalue weighted by Crippen LogP contribution is 2.27. The molecule has 0 aliphatic rings. The van der Waals surface area contributed by atoms with E-state index in [0.717, 1.165) is 13.0 Å². The summed E-state index contributed by atoms with van der Waals surface area (Å²) in [5, 5.41) is 6.50. The maximum atomic E-state index is 11.8. The first-order chi connectivity index (χ1) is 11.3. The van der Waals surface area contributed by atoms with Crippen LogP contribution in [0.3, 0.4) is 0 Å². The highest BCUT2D eigenvalue weighted by molar-refractivity contribution is 5.85. The number of benzene rings is 1. The largest absolute Gasteiger partial charge is 0.484 e. The molecule has 5 heteroatoms. The maximum Gasteiger partial charge on any atom is 0.258 e. The van der Waals surface area contributed by atoms with Crippen molar-refractivity contribution < 1.29 is 9.53 Å². The van der Waals surface area contributed by atoms with Crippen molar-refractivity contribution in [1.82, 2.24) is 10.6 Å². The van der Waals surface area contributed by atoms with E-state index in [0.29, 0.717) is 11.2 Å². The van der Waals surface area contributed by atoms with Gasteiger partial charge < -0.3 is 15.4 Å². The molecule has 0 heterocycles. The minimum atomic E-state index is -0.240. The van der Waals surface area contributed by atoms with Gasteiger partial charge in [-0.1, -0.05) is 32.9 Å². The first-order valence-corrected chi connectivity index (χ1v) is 9.04. The van der Waals surface area contributed by atoms with Gasteiger partial charge in [-0.15, -0.1) is 12.4 Å². The lowest BCUT2D eigenvalue weighted by molar-refractivity contribution is -0.124. The van der Waals surface area contributed by atoms with Gasteiger partial charge in [0.1, 0.15) is 5.75 Å². The van der Waals surface area contributed by atoms with Crippen LogP contribution in [0.1, 0.15) is 67.4 Å². The number of hydrogen-bond donors (Lipinski definition) is 2. The van der Waals surface area contributed by atoms with E-state index >= 15 is 0 Å². The molecule has 0 spiro atoms. The van der Waals surface area contributed by atoms with Gasteiger partial charge in [0, 0.05) is 17.6 Å². The lowest BCUT2D eigenvalue weighted by Crippen LogP contribution is -2.43. The van der Waals surface area contributed by atoms with Crippen LogP contribution in [0.4, 0.5) is 0 Å². The predicted octanol–water partition coefficient (Wildman–Crippen LogP) is 4.71. The quantitative estimate of drug-likeness (QED) is 0.715. The molecule has 1 rings (SSSR count). The van der Waals surface area contributed by atoms with E-state index in [-0.39, 0.29) is 36.0 Å². The Bertz CT molecular complexity index is 555. The van der Waals surface area contributed by atoms with Gasteiger partial charge in [-0.25, -0.2) is 0 Å². The zero-order chi connectivity index (χ0) is 19.3. The fourth-order valence-corrected chi connectivity index (χ4v) is 3.04. The highest BCUT2D eigenvalue weighted by Gasteiger charge is 2.24. The van der Waals surface area contributed by atoms with E-state index < -0.39 is 0 Å². The van der Waals surface area contributed by atoms with E-state index in [9.17, 15) is 4.79 Å². The molecule has 1 aromatic carbocycles. The number of carbonyl (C=O) groups is 1. The summed E-state index contributed by atoms with van der Waals surface area (Å²) in [5.41, 5.74) is 1.34. The predicted molar refractivity (Wildman–Crippen MR) is 112 cm³/mol. The van der Waals surface area contributed by atoms with Gasteiger partial charge in [0.2, 0.25) is 0 Å². The second kappa shape index (κ2) is 9.61. The van der Waals surface area contributed by atoms with E-state index in [2.05, 4.69) is 45.3 Å². The average Bonchev–Trinajstić information content (AvgIpc) is 2.40. The molecule has 1 aromatic rings. The monoisotopic (exact) mass is 384 g/mol. The molecule has 0 aliphatic heterocycles. The van der Waals surface area contributed by atoms with Gasteiger partial charge in [0.25, 0.3) is 5.91 Å². The number of hydrogen-bond acceptors (Lipinski definition) is 3. The molecule has 0 bridgehead atoms. The Kier molecular flexibility index (Phi) is 9.14. The van der Waals surface area contributed by atoms with Gasteiger partial charge in [0.15, 0.2) is 6.61 Å². The SMILES string of the molecule is CC(C)(C)CC(C)(C)NCc1ccc(OCC(=O)NC(C)(C)C)cc1.Cl. The summed E-state index contributed by atoms with van der Waals surface area (Å²) in [7, 11) is 0. The molecule has 26 heavy (non-hydrogen) atoms. The molecule has 150 valence electrons. The van der Waals surface area contributed by atoms with Crippen molar-refractivity contribution >= 4 is 18.3 Å². The van der Waals surface area contributed by atoms with E-state index in [4.69, 9.17) is 4.74 Å². The fraction of sp³-hybridized carbons (Fsp3) is 0.667. The van der Waals surface area contributed by atoms with Crippen LogP contribution in [0.2, 0.25) is 0 Å². The van der Waals surface area contributed by atoms with E-state index in [1.165, 1.54) is 5.56 Å². The Morgan fingerprint density at radius 2 is 1.50 bits per heavy atom. The summed E-state index contributed by atoms with van der Waals surface area (Å²) in [6.45, 7) is 18.0. The standard InChI is InChI=1S/C21H36N2O2.ClH/c1-19(2,3)15-21(7,8)22-13-16-9-11-17(12-10-16)25-14-18(24)23-20(4,5)6;/h9-12,22H,13-15H2,1-8H3,(H,23,24);1H. The summed E-state index contributed by atoms with van der Waals surface area (Å²) in [4.78, 5) is 11.8. The molecule has 0 aromatic heterocycles. The molecule has 2 N–H and O–H groups in total. The summed E-state index contributed by atoms with van der Waals surface area (Å²) in [5.74, 6) is 0.601. The second-order valence-corrected chi connectivity index (χ2v) is 9.71. The molecular weight excluding hydrogens is 348 g/mol. The molecule has 0 radical (unpaired) electrons. The normalized spacial score (nSPS) is 12.3. The third-order valence-corrected chi connectivity index (χ3v) is 3.55. The molecule has 0 aliphatic carbocycles. The van der Waals surface area contributed by atoms with Crippen molar-refractivity contribution in [1.29, 1.82) is 0 Å². The van der Waals surface area contributed by atoms with Crippen LogP contribution in [0.25, 0.3) is 0 Å². The van der Waals surface area contributed by atoms with Crippen molar-refractivity contribution in [3.05, 3.63) is 29.8 Å². The third kappa shape index (κ3) is 11.4. The van der Waals surface area contributed by atoms with Crippen molar-refractivity contribution in [2.75, 3.05) is 6.61 Å². The average molecular weight is 385 g/mol. The van der Waals surface area contributed by atoms with Gasteiger partial charge in [-0.2, -0.15) is 0 Å². The van der Waals surface area contributed by atoms with E-state index in [1.54, 1.807) is 0 Å². The fourth-order valence-electron chi connectivity index (χ4n) is 3.04. The van der Waals surface area contributed by atoms with Crippen molar-refractivity contribution in [3.63, 3.8) is 0 Å². The summed E-state index contributed by atoms with van der Waals surface area (Å²) in [6, 6.07) is 7.91. The summed E-state index contributed by atoms with van der Waals surface area (Å²) >= 11 is 0. The molecule has 0 unspecified atom stereocenters. The minimum absolute atomic E-state index is 0. The molecule has 1 amide bonds. The topological polar surface area (TPSA) is 50.4 Å². The van der Waals surface area contributed by atoms with Crippen LogP contribution < -0.4 is 15.4 Å². The number of carbonyl (C=O) groups excluding carboxylic acids is 1. The molecule has 0 saturated heterocycles. The molecule has 0 fully saturated rings. The Morgan fingerprint density at radius 1 is 0.962 bits per heavy atom. The van der Waals surface area contributed by atoms with Crippen LogP contribution in [-0.4, -0.2) is 23.6 Å². The number of rotatable bonds is 7. The number of halogens is 1. The van der Waals surface area contributed by atoms with Crippen molar-refractivity contribution in [3.8, 4) is 5.75 Å².